The maximum absolute atomic E-state index is 14.8. The van der Waals surface area contributed by atoms with E-state index < -0.39 is 6.09 Å². The molecule has 3 N–H and O–H groups in total. The van der Waals surface area contributed by atoms with E-state index in [0.29, 0.717) is 65.9 Å². The second kappa shape index (κ2) is 11.3. The number of pyridine rings is 1. The molecule has 0 aliphatic carbocycles. The molecule has 0 fully saturated rings. The van der Waals surface area contributed by atoms with Crippen LogP contribution in [0, 0.1) is 18.7 Å². The molecule has 0 radical (unpaired) electrons. The minimum absolute atomic E-state index is 0.165. The highest BCUT2D eigenvalue weighted by Crippen LogP contribution is 2.37. The van der Waals surface area contributed by atoms with Crippen LogP contribution in [0.1, 0.15) is 55.5 Å². The third-order valence-corrected chi connectivity index (χ3v) is 7.64. The molecule has 8 nitrogen and oxygen atoms in total. The van der Waals surface area contributed by atoms with Gasteiger partial charge in [-0.1, -0.05) is 37.6 Å². The van der Waals surface area contributed by atoms with Crippen molar-refractivity contribution in [3.8, 4) is 11.1 Å². The predicted molar refractivity (Wildman–Crippen MR) is 151 cm³/mol. The second-order valence-corrected chi connectivity index (χ2v) is 10.4. The molecule has 0 unspecified atom stereocenters. The summed E-state index contributed by atoms with van der Waals surface area (Å²) in [6, 6.07) is 13.6. The first-order valence-corrected chi connectivity index (χ1v) is 13.4. The molecule has 206 valence electrons. The van der Waals surface area contributed by atoms with Crippen LogP contribution in [0.25, 0.3) is 16.7 Å². The van der Waals surface area contributed by atoms with E-state index in [0.717, 1.165) is 11.3 Å². The van der Waals surface area contributed by atoms with Gasteiger partial charge in [0.1, 0.15) is 5.82 Å². The van der Waals surface area contributed by atoms with Crippen molar-refractivity contribution in [2.75, 3.05) is 17.2 Å². The number of nitrogens with zero attached hydrogens (tertiary/aromatic N) is 2. The van der Waals surface area contributed by atoms with Crippen molar-refractivity contribution < 1.29 is 23.9 Å². The Morgan fingerprint density at radius 2 is 1.95 bits per heavy atom. The van der Waals surface area contributed by atoms with Gasteiger partial charge in [0.25, 0.3) is 0 Å². The van der Waals surface area contributed by atoms with Crippen molar-refractivity contribution in [3.63, 3.8) is 0 Å². The Morgan fingerprint density at radius 1 is 1.12 bits per heavy atom. The van der Waals surface area contributed by atoms with Crippen LogP contribution in [0.3, 0.4) is 0 Å². The topological polar surface area (TPSA) is 112 Å². The predicted octanol–water partition coefficient (Wildman–Crippen LogP) is 6.40. The Balaban J connectivity index is 1.52. The van der Waals surface area contributed by atoms with Gasteiger partial charge in [-0.15, -0.1) is 0 Å². The highest BCUT2D eigenvalue weighted by atomic mass is 19.1. The van der Waals surface area contributed by atoms with E-state index in [4.69, 9.17) is 5.11 Å². The number of hydrogen-bond donors (Lipinski definition) is 3. The number of amides is 3. The molecular formula is C31H31FN4O4. The summed E-state index contributed by atoms with van der Waals surface area (Å²) in [6.07, 6.45) is 4.44. The lowest BCUT2D eigenvalue weighted by Crippen LogP contribution is -2.38. The molecule has 0 spiro atoms. The quantitative estimate of drug-likeness (QED) is 0.355. The highest BCUT2D eigenvalue weighted by Gasteiger charge is 2.30. The van der Waals surface area contributed by atoms with Gasteiger partial charge in [-0.3, -0.25) is 19.9 Å². The minimum Gasteiger partial charge on any atom is -0.465 e. The van der Waals surface area contributed by atoms with Crippen LogP contribution >= 0.6 is 0 Å². The monoisotopic (exact) mass is 542 g/mol. The summed E-state index contributed by atoms with van der Waals surface area (Å²) in [7, 11) is 0. The van der Waals surface area contributed by atoms with Gasteiger partial charge in [-0.25, -0.2) is 9.18 Å². The number of benzene rings is 2. The maximum atomic E-state index is 14.8. The first-order valence-electron chi connectivity index (χ1n) is 13.4. The lowest BCUT2D eigenvalue weighted by molar-refractivity contribution is -0.129. The molecule has 0 saturated carbocycles. The zero-order valence-corrected chi connectivity index (χ0v) is 22.4. The van der Waals surface area contributed by atoms with Crippen LogP contribution in [-0.2, 0) is 9.59 Å². The Morgan fingerprint density at radius 3 is 2.73 bits per heavy atom. The van der Waals surface area contributed by atoms with Gasteiger partial charge in [0.2, 0.25) is 11.8 Å². The summed E-state index contributed by atoms with van der Waals surface area (Å²) in [6.45, 7) is 3.98. The Hall–Kier alpha value is -4.53. The van der Waals surface area contributed by atoms with E-state index >= 15 is 0 Å². The first kappa shape index (κ1) is 27.1. The fraction of sp³-hybridized carbons (Fsp3) is 0.290. The third-order valence-electron chi connectivity index (χ3n) is 7.64. The third kappa shape index (κ3) is 5.59. The van der Waals surface area contributed by atoms with E-state index in [1.807, 2.05) is 19.1 Å². The molecule has 40 heavy (non-hydrogen) atoms. The van der Waals surface area contributed by atoms with Crippen LogP contribution < -0.4 is 10.6 Å². The molecule has 1 aromatic heterocycles. The van der Waals surface area contributed by atoms with Crippen LogP contribution in [-0.4, -0.2) is 39.4 Å². The van der Waals surface area contributed by atoms with Crippen LogP contribution in [0.5, 0.6) is 0 Å². The van der Waals surface area contributed by atoms with E-state index in [9.17, 15) is 18.8 Å². The number of nitrogens with one attached hydrogen (secondary N) is 2. The number of hydrogen-bond acceptors (Lipinski definition) is 4. The van der Waals surface area contributed by atoms with E-state index in [1.54, 1.807) is 54.4 Å². The van der Waals surface area contributed by atoms with Crippen molar-refractivity contribution in [2.45, 2.75) is 45.6 Å². The van der Waals surface area contributed by atoms with E-state index in [2.05, 4.69) is 15.6 Å². The smallest absolute Gasteiger partial charge is 0.409 e. The molecule has 2 atom stereocenters. The fourth-order valence-corrected chi connectivity index (χ4v) is 5.44. The molecule has 5 rings (SSSR count). The van der Waals surface area contributed by atoms with Crippen molar-refractivity contribution in [2.24, 2.45) is 5.92 Å². The van der Waals surface area contributed by atoms with Gasteiger partial charge in [-0.05, 0) is 67.2 Å². The number of carboxylic acid groups (broad SMARTS) is 1. The van der Waals surface area contributed by atoms with Gasteiger partial charge in [0, 0.05) is 41.5 Å². The minimum atomic E-state index is -1.20. The second-order valence-electron chi connectivity index (χ2n) is 10.4. The SMILES string of the molecule is Cc1cccc(C2=CC(=O)N([C@H]3CCC[C@@H](C)C(=O)Nc4cc(NC(=O)O)ccc4-c4ccnc3c4)CC2)c1F. The number of carbonyl (C=O) groups excluding carboxylic acids is 2. The lowest BCUT2D eigenvalue weighted by atomic mass is 9.92. The molecule has 2 aliphatic heterocycles. The molecule has 2 aromatic carbocycles. The van der Waals surface area contributed by atoms with Crippen molar-refractivity contribution in [3.05, 3.63) is 83.4 Å². The van der Waals surface area contributed by atoms with Gasteiger partial charge < -0.3 is 15.3 Å². The summed E-state index contributed by atoms with van der Waals surface area (Å²) < 4.78 is 14.8. The zero-order chi connectivity index (χ0) is 28.4. The molecular weight excluding hydrogens is 511 g/mol. The van der Waals surface area contributed by atoms with E-state index in [-0.39, 0.29) is 29.6 Å². The Labute approximate surface area is 231 Å². The maximum Gasteiger partial charge on any atom is 0.409 e. The molecule has 9 heteroatoms. The number of rotatable bonds is 3. The lowest BCUT2D eigenvalue weighted by Gasteiger charge is -2.34. The molecule has 3 aromatic rings. The number of aromatic nitrogens is 1. The molecule has 2 bridgehead atoms. The number of fused-ring (bicyclic) bond motifs is 4. The molecule has 3 amide bonds. The van der Waals surface area contributed by atoms with Gasteiger partial charge >= 0.3 is 6.09 Å². The summed E-state index contributed by atoms with van der Waals surface area (Å²) in [5, 5.41) is 14.4. The van der Waals surface area contributed by atoms with Crippen molar-refractivity contribution in [1.29, 1.82) is 0 Å². The summed E-state index contributed by atoms with van der Waals surface area (Å²) >= 11 is 0. The Kier molecular flexibility index (Phi) is 7.64. The Bertz CT molecular complexity index is 1520. The average Bonchev–Trinajstić information content (AvgIpc) is 2.92. The highest BCUT2D eigenvalue weighted by molar-refractivity contribution is 5.99. The fourth-order valence-electron chi connectivity index (χ4n) is 5.44. The average molecular weight is 543 g/mol. The molecule has 2 aliphatic rings. The number of carbonyl (C=O) groups is 3. The first-order chi connectivity index (χ1) is 19.2. The summed E-state index contributed by atoms with van der Waals surface area (Å²) in [5.74, 6) is -0.963. The van der Waals surface area contributed by atoms with Crippen LogP contribution in [0.4, 0.5) is 20.6 Å². The van der Waals surface area contributed by atoms with Gasteiger partial charge in [0.15, 0.2) is 0 Å². The standard InChI is InChI=1S/C31H31FN4O4/c1-18-5-3-7-24(29(18)32)21-12-14-36(28(37)16-21)27-8-4-6-19(2)30(38)35-25-17-22(34-31(39)40)9-10-23(25)20-11-13-33-26(27)15-20/h3,5,7,9-11,13,15-17,19,27,34H,4,6,8,12,14H2,1-2H3,(H,35,38)(H,39,40)/t19-,27+/m1/s1. The van der Waals surface area contributed by atoms with Crippen LogP contribution in [0.2, 0.25) is 0 Å². The number of anilines is 2. The van der Waals surface area contributed by atoms with Gasteiger partial charge in [0.05, 0.1) is 17.4 Å². The van der Waals surface area contributed by atoms with Crippen LogP contribution in [0.15, 0.2) is 60.8 Å². The zero-order valence-electron chi connectivity index (χ0n) is 22.4. The normalized spacial score (nSPS) is 19.5. The van der Waals surface area contributed by atoms with Crippen molar-refractivity contribution >= 4 is 34.9 Å². The van der Waals surface area contributed by atoms with E-state index in [1.165, 1.54) is 6.08 Å². The summed E-state index contributed by atoms with van der Waals surface area (Å²) in [4.78, 5) is 44.1. The molecule has 3 heterocycles. The van der Waals surface area contributed by atoms with Gasteiger partial charge in [-0.2, -0.15) is 0 Å². The number of halogens is 1. The number of aryl methyl sites for hydroxylation is 1. The van der Waals surface area contributed by atoms with Crippen molar-refractivity contribution in [1.82, 2.24) is 9.88 Å². The summed E-state index contributed by atoms with van der Waals surface area (Å²) in [5.41, 5.74) is 4.72. The molecule has 0 saturated heterocycles. The largest absolute Gasteiger partial charge is 0.465 e.